The highest BCUT2D eigenvalue weighted by atomic mass is 19.4. The molecule has 0 N–H and O–H groups in total. The van der Waals surface area contributed by atoms with Crippen molar-refractivity contribution in [3.05, 3.63) is 40.6 Å². The largest absolute Gasteiger partial charge is 0.418 e. The minimum atomic E-state index is -4.60. The molecule has 0 amide bonds. The van der Waals surface area contributed by atoms with Crippen LogP contribution in [-0.4, -0.2) is 16.9 Å². The first-order valence-electron chi connectivity index (χ1n) is 5.57. The number of hydrogen-bond donors (Lipinski definition) is 0. The molecule has 7 heteroatoms. The van der Waals surface area contributed by atoms with Crippen LogP contribution in [-0.2, 0) is 10.9 Å². The molecule has 0 bridgehead atoms. The maximum atomic E-state index is 13.0. The van der Waals surface area contributed by atoms with E-state index in [4.69, 9.17) is 0 Å². The van der Waals surface area contributed by atoms with Gasteiger partial charge in [-0.1, -0.05) is 12.1 Å². The Kier molecular flexibility index (Phi) is 2.38. The zero-order chi connectivity index (χ0) is 14.7. The van der Waals surface area contributed by atoms with Crippen molar-refractivity contribution in [2.24, 2.45) is 0 Å². The van der Waals surface area contributed by atoms with Gasteiger partial charge >= 0.3 is 18.1 Å². The number of aryl methyl sites for hydroxylation is 1. The summed E-state index contributed by atoms with van der Waals surface area (Å²) in [6, 6.07) is 3.36. The maximum Gasteiger partial charge on any atom is 0.418 e. The van der Waals surface area contributed by atoms with E-state index in [0.29, 0.717) is 0 Å². The third-order valence-corrected chi connectivity index (χ3v) is 3.10. The van der Waals surface area contributed by atoms with Crippen LogP contribution in [0.15, 0.2) is 18.2 Å². The summed E-state index contributed by atoms with van der Waals surface area (Å²) in [4.78, 5) is 27.0. The van der Waals surface area contributed by atoms with Gasteiger partial charge in [0.2, 0.25) is 0 Å². The van der Waals surface area contributed by atoms with Gasteiger partial charge in [0, 0.05) is 5.39 Å². The van der Waals surface area contributed by atoms with Crippen LogP contribution in [0.25, 0.3) is 10.9 Å². The molecule has 0 atom stereocenters. The fourth-order valence-electron chi connectivity index (χ4n) is 2.28. The molecule has 1 aromatic carbocycles. The number of hydrogen-bond acceptors (Lipinski definition) is 4. The summed E-state index contributed by atoms with van der Waals surface area (Å²) >= 11 is 0. The zero-order valence-electron chi connectivity index (χ0n) is 10.0. The molecule has 1 aromatic heterocycles. The van der Waals surface area contributed by atoms with Gasteiger partial charge in [0.1, 0.15) is 0 Å². The lowest BCUT2D eigenvalue weighted by Gasteiger charge is -2.11. The number of rotatable bonds is 0. The lowest BCUT2D eigenvalue weighted by molar-refractivity contribution is -0.136. The number of esters is 2. The van der Waals surface area contributed by atoms with Crippen molar-refractivity contribution in [1.82, 2.24) is 4.98 Å². The smallest absolute Gasteiger partial charge is 0.386 e. The molecule has 2 heterocycles. The van der Waals surface area contributed by atoms with Crippen LogP contribution in [0.3, 0.4) is 0 Å². The Morgan fingerprint density at radius 3 is 2.40 bits per heavy atom. The number of carbonyl (C=O) groups is 2. The van der Waals surface area contributed by atoms with E-state index in [1.54, 1.807) is 0 Å². The molecule has 2 aromatic rings. The van der Waals surface area contributed by atoms with E-state index < -0.39 is 23.7 Å². The molecule has 1 aliphatic rings. The SMILES string of the molecule is Cc1nc2c(C(F)(F)F)cccc2c2c1C(=O)OC2=O. The Balaban J connectivity index is 2.49. The highest BCUT2D eigenvalue weighted by Crippen LogP contribution is 2.37. The number of carbonyl (C=O) groups excluding carboxylic acids is 2. The monoisotopic (exact) mass is 281 g/mol. The average molecular weight is 281 g/mol. The van der Waals surface area contributed by atoms with E-state index in [1.807, 2.05) is 0 Å². The van der Waals surface area contributed by atoms with Gasteiger partial charge in [-0.2, -0.15) is 13.2 Å². The number of benzene rings is 1. The summed E-state index contributed by atoms with van der Waals surface area (Å²) < 4.78 is 43.3. The molecule has 0 saturated heterocycles. The second-order valence-corrected chi connectivity index (χ2v) is 4.32. The van der Waals surface area contributed by atoms with E-state index in [9.17, 15) is 22.8 Å². The van der Waals surface area contributed by atoms with E-state index in [0.717, 1.165) is 6.07 Å². The Morgan fingerprint density at radius 2 is 1.75 bits per heavy atom. The molecule has 0 spiro atoms. The molecule has 3 rings (SSSR count). The highest BCUT2D eigenvalue weighted by molar-refractivity contribution is 6.21. The zero-order valence-corrected chi connectivity index (χ0v) is 10.0. The predicted molar refractivity (Wildman–Crippen MR) is 61.2 cm³/mol. The molecular weight excluding hydrogens is 275 g/mol. The molecule has 0 saturated carbocycles. The van der Waals surface area contributed by atoms with Crippen LogP contribution in [0.5, 0.6) is 0 Å². The van der Waals surface area contributed by atoms with Gasteiger partial charge in [0.15, 0.2) is 0 Å². The number of para-hydroxylation sites is 1. The molecule has 20 heavy (non-hydrogen) atoms. The number of alkyl halides is 3. The van der Waals surface area contributed by atoms with Crippen LogP contribution in [0.1, 0.15) is 32.0 Å². The second kappa shape index (κ2) is 3.78. The van der Waals surface area contributed by atoms with Crippen molar-refractivity contribution in [3.8, 4) is 0 Å². The van der Waals surface area contributed by atoms with Crippen molar-refractivity contribution in [3.63, 3.8) is 0 Å². The molecule has 1 aliphatic heterocycles. The van der Waals surface area contributed by atoms with Crippen molar-refractivity contribution >= 4 is 22.8 Å². The second-order valence-electron chi connectivity index (χ2n) is 4.32. The Hall–Kier alpha value is -2.44. The number of ether oxygens (including phenoxy) is 1. The van der Waals surface area contributed by atoms with Gasteiger partial charge in [-0.3, -0.25) is 4.98 Å². The van der Waals surface area contributed by atoms with E-state index in [1.165, 1.54) is 19.1 Å². The first-order chi connectivity index (χ1) is 9.30. The van der Waals surface area contributed by atoms with E-state index in [-0.39, 0.29) is 27.7 Å². The summed E-state index contributed by atoms with van der Waals surface area (Å²) in [7, 11) is 0. The van der Waals surface area contributed by atoms with E-state index in [2.05, 4.69) is 9.72 Å². The predicted octanol–water partition coefficient (Wildman–Crippen LogP) is 2.87. The quantitative estimate of drug-likeness (QED) is 0.550. The van der Waals surface area contributed by atoms with Crippen LogP contribution >= 0.6 is 0 Å². The Bertz CT molecular complexity index is 781. The van der Waals surface area contributed by atoms with Crippen molar-refractivity contribution in [2.75, 3.05) is 0 Å². The van der Waals surface area contributed by atoms with Gasteiger partial charge < -0.3 is 4.74 Å². The maximum absolute atomic E-state index is 13.0. The molecule has 0 radical (unpaired) electrons. The number of nitrogens with zero attached hydrogens (tertiary/aromatic N) is 1. The normalized spacial score (nSPS) is 14.6. The Morgan fingerprint density at radius 1 is 1.10 bits per heavy atom. The average Bonchev–Trinajstić information content (AvgIpc) is 2.64. The number of halogens is 3. The fourth-order valence-corrected chi connectivity index (χ4v) is 2.28. The lowest BCUT2D eigenvalue weighted by Crippen LogP contribution is -2.09. The summed E-state index contributed by atoms with van der Waals surface area (Å²) in [5.41, 5.74) is -1.48. The van der Waals surface area contributed by atoms with Crippen LogP contribution in [0, 0.1) is 6.92 Å². The summed E-state index contributed by atoms with van der Waals surface area (Å²) in [5, 5.41) is -0.0312. The highest BCUT2D eigenvalue weighted by Gasteiger charge is 2.38. The third kappa shape index (κ3) is 1.59. The number of aromatic nitrogens is 1. The minimum absolute atomic E-state index is 0.0312. The summed E-state index contributed by atoms with van der Waals surface area (Å²) in [6.07, 6.45) is -4.60. The summed E-state index contributed by atoms with van der Waals surface area (Å²) in [5.74, 6) is -1.82. The molecule has 0 fully saturated rings. The molecule has 0 unspecified atom stereocenters. The van der Waals surface area contributed by atoms with Gasteiger partial charge in [-0.25, -0.2) is 9.59 Å². The molecule has 0 aliphatic carbocycles. The number of fused-ring (bicyclic) bond motifs is 3. The standard InChI is InChI=1S/C13H6F3NO3/c1-5-8-9(12(19)20-11(8)18)6-3-2-4-7(10(6)17-5)13(14,15)16/h2-4H,1H3. The lowest BCUT2D eigenvalue weighted by atomic mass is 10.00. The molecule has 102 valence electrons. The molecular formula is C13H6F3NO3. The number of pyridine rings is 1. The van der Waals surface area contributed by atoms with Crippen molar-refractivity contribution in [2.45, 2.75) is 13.1 Å². The van der Waals surface area contributed by atoms with Gasteiger partial charge in [0.25, 0.3) is 0 Å². The summed E-state index contributed by atoms with van der Waals surface area (Å²) in [6.45, 7) is 1.37. The van der Waals surface area contributed by atoms with Gasteiger partial charge in [-0.05, 0) is 13.0 Å². The van der Waals surface area contributed by atoms with Crippen LogP contribution < -0.4 is 0 Å². The molecule has 4 nitrogen and oxygen atoms in total. The Labute approximate surface area is 110 Å². The minimum Gasteiger partial charge on any atom is -0.386 e. The fraction of sp³-hybridized carbons (Fsp3) is 0.154. The van der Waals surface area contributed by atoms with Gasteiger partial charge in [-0.15, -0.1) is 0 Å². The van der Waals surface area contributed by atoms with Crippen LogP contribution in [0.2, 0.25) is 0 Å². The first kappa shape index (κ1) is 12.6. The van der Waals surface area contributed by atoms with Gasteiger partial charge in [0.05, 0.1) is 27.9 Å². The topological polar surface area (TPSA) is 56.3 Å². The van der Waals surface area contributed by atoms with Crippen molar-refractivity contribution < 1.29 is 27.5 Å². The van der Waals surface area contributed by atoms with Crippen molar-refractivity contribution in [1.29, 1.82) is 0 Å². The first-order valence-corrected chi connectivity index (χ1v) is 5.57. The van der Waals surface area contributed by atoms with Crippen LogP contribution in [0.4, 0.5) is 13.2 Å². The van der Waals surface area contributed by atoms with E-state index >= 15 is 0 Å². The number of cyclic esters (lactones) is 2. The third-order valence-electron chi connectivity index (χ3n) is 3.10.